The minimum atomic E-state index is -0.288. The fourth-order valence-corrected chi connectivity index (χ4v) is 6.81. The summed E-state index contributed by atoms with van der Waals surface area (Å²) in [6.45, 7) is 4.22. The van der Waals surface area contributed by atoms with Crippen molar-refractivity contribution in [2.24, 2.45) is 0 Å². The van der Waals surface area contributed by atoms with E-state index in [0.29, 0.717) is 23.3 Å². The molecule has 2 aliphatic rings. The molecule has 36 heavy (non-hydrogen) atoms. The van der Waals surface area contributed by atoms with Crippen LogP contribution in [-0.4, -0.2) is 15.3 Å². The van der Waals surface area contributed by atoms with Gasteiger partial charge in [0.1, 0.15) is 17.2 Å². The average molecular weight is 485 g/mol. The Morgan fingerprint density at radius 1 is 0.556 bits per heavy atom. The highest BCUT2D eigenvalue weighted by atomic mass is 16.3. The lowest BCUT2D eigenvalue weighted by Gasteiger charge is -2.28. The molecule has 0 saturated heterocycles. The van der Waals surface area contributed by atoms with Gasteiger partial charge in [-0.25, -0.2) is 0 Å². The SMILES string of the molecule is Cc1cc(C2CCCCC2)c(O)cc1C(c1cc(O)c(C2CCCCC2)cc1C)c1ccccc1O. The van der Waals surface area contributed by atoms with E-state index in [1.54, 1.807) is 6.07 Å². The van der Waals surface area contributed by atoms with Crippen LogP contribution in [0.4, 0.5) is 0 Å². The molecule has 0 radical (unpaired) electrons. The summed E-state index contributed by atoms with van der Waals surface area (Å²) in [7, 11) is 0. The van der Waals surface area contributed by atoms with Gasteiger partial charge in [-0.05, 0) is 103 Å². The molecule has 5 rings (SSSR count). The van der Waals surface area contributed by atoms with Crippen LogP contribution < -0.4 is 0 Å². The Labute approximate surface area is 215 Å². The minimum absolute atomic E-state index is 0.230. The highest BCUT2D eigenvalue weighted by Crippen LogP contribution is 2.46. The summed E-state index contributed by atoms with van der Waals surface area (Å²) in [6, 6.07) is 15.6. The molecule has 0 bridgehead atoms. The van der Waals surface area contributed by atoms with Crippen LogP contribution in [0.15, 0.2) is 48.5 Å². The number of aryl methyl sites for hydroxylation is 2. The van der Waals surface area contributed by atoms with Gasteiger partial charge in [0.15, 0.2) is 0 Å². The first-order valence-electron chi connectivity index (χ1n) is 13.9. The second kappa shape index (κ2) is 10.6. The van der Waals surface area contributed by atoms with Gasteiger partial charge in [-0.2, -0.15) is 0 Å². The van der Waals surface area contributed by atoms with Gasteiger partial charge in [-0.3, -0.25) is 0 Å². The quantitative estimate of drug-likeness (QED) is 0.317. The first-order chi connectivity index (χ1) is 17.4. The topological polar surface area (TPSA) is 60.7 Å². The van der Waals surface area contributed by atoms with E-state index in [4.69, 9.17) is 0 Å². The standard InChI is InChI=1S/C33H40O3/c1-21-17-28(23-11-5-3-6-12-23)31(35)19-26(21)33(25-15-9-10-16-30(25)34)27-20-32(36)29(18-22(27)2)24-13-7-4-8-14-24/h9-10,15-20,23-24,33-36H,3-8,11-14H2,1-2H3. The monoisotopic (exact) mass is 484 g/mol. The molecular formula is C33H40O3. The van der Waals surface area contributed by atoms with Gasteiger partial charge in [0.05, 0.1) is 0 Å². The first-order valence-corrected chi connectivity index (χ1v) is 13.9. The molecule has 3 aromatic carbocycles. The molecule has 0 unspecified atom stereocenters. The predicted octanol–water partition coefficient (Wildman–Crippen LogP) is 8.70. The zero-order valence-corrected chi connectivity index (χ0v) is 21.8. The summed E-state index contributed by atoms with van der Waals surface area (Å²) in [4.78, 5) is 0. The molecule has 0 aromatic heterocycles. The third kappa shape index (κ3) is 4.85. The average Bonchev–Trinajstić information content (AvgIpc) is 2.90. The number of aromatic hydroxyl groups is 3. The highest BCUT2D eigenvalue weighted by Gasteiger charge is 2.28. The number of rotatable bonds is 5. The van der Waals surface area contributed by atoms with Crippen molar-refractivity contribution in [3.05, 3.63) is 87.5 Å². The van der Waals surface area contributed by atoms with Gasteiger partial charge in [-0.15, -0.1) is 0 Å². The van der Waals surface area contributed by atoms with E-state index in [0.717, 1.165) is 64.6 Å². The van der Waals surface area contributed by atoms with Crippen LogP contribution >= 0.6 is 0 Å². The Kier molecular flexibility index (Phi) is 7.27. The molecule has 2 saturated carbocycles. The van der Waals surface area contributed by atoms with E-state index in [1.807, 2.05) is 30.3 Å². The van der Waals surface area contributed by atoms with Crippen LogP contribution in [0.2, 0.25) is 0 Å². The lowest BCUT2D eigenvalue weighted by molar-refractivity contribution is 0.413. The number of para-hydroxylation sites is 1. The maximum atomic E-state index is 11.2. The third-order valence-electron chi connectivity index (χ3n) is 8.79. The zero-order valence-electron chi connectivity index (χ0n) is 21.8. The number of phenolic OH excluding ortho intramolecular Hbond substituents is 3. The first kappa shape index (κ1) is 24.7. The Morgan fingerprint density at radius 3 is 1.44 bits per heavy atom. The smallest absolute Gasteiger partial charge is 0.119 e. The lowest BCUT2D eigenvalue weighted by Crippen LogP contribution is -2.11. The van der Waals surface area contributed by atoms with Crippen molar-refractivity contribution < 1.29 is 15.3 Å². The van der Waals surface area contributed by atoms with Gasteiger partial charge in [-0.1, -0.05) is 68.9 Å². The molecule has 3 heteroatoms. The summed E-state index contributed by atoms with van der Waals surface area (Å²) in [5, 5.41) is 33.3. The van der Waals surface area contributed by atoms with Crippen LogP contribution in [0.3, 0.4) is 0 Å². The fraction of sp³-hybridized carbons (Fsp3) is 0.455. The van der Waals surface area contributed by atoms with E-state index < -0.39 is 0 Å². The van der Waals surface area contributed by atoms with Crippen LogP contribution in [0.5, 0.6) is 17.2 Å². The molecule has 0 aliphatic heterocycles. The minimum Gasteiger partial charge on any atom is -0.508 e. The van der Waals surface area contributed by atoms with Gasteiger partial charge >= 0.3 is 0 Å². The Hall–Kier alpha value is -2.94. The summed E-state index contributed by atoms with van der Waals surface area (Å²) < 4.78 is 0. The van der Waals surface area contributed by atoms with Crippen molar-refractivity contribution >= 4 is 0 Å². The Bertz CT molecular complexity index is 1140. The van der Waals surface area contributed by atoms with E-state index in [2.05, 4.69) is 26.0 Å². The van der Waals surface area contributed by atoms with Crippen LogP contribution in [0, 0.1) is 13.8 Å². The molecular weight excluding hydrogens is 444 g/mol. The van der Waals surface area contributed by atoms with Crippen LogP contribution in [0.1, 0.15) is 121 Å². The Morgan fingerprint density at radius 2 is 1.00 bits per heavy atom. The number of phenols is 3. The van der Waals surface area contributed by atoms with E-state index >= 15 is 0 Å². The van der Waals surface area contributed by atoms with Gasteiger partial charge in [0.25, 0.3) is 0 Å². The maximum Gasteiger partial charge on any atom is 0.119 e. The zero-order chi connectivity index (χ0) is 25.2. The van der Waals surface area contributed by atoms with Crippen LogP contribution in [-0.2, 0) is 0 Å². The van der Waals surface area contributed by atoms with E-state index in [9.17, 15) is 15.3 Å². The van der Waals surface area contributed by atoms with Gasteiger partial charge in [0.2, 0.25) is 0 Å². The van der Waals surface area contributed by atoms with Crippen molar-refractivity contribution in [1.29, 1.82) is 0 Å². The number of hydrogen-bond donors (Lipinski definition) is 3. The van der Waals surface area contributed by atoms with Crippen molar-refractivity contribution in [2.75, 3.05) is 0 Å². The molecule has 2 fully saturated rings. The van der Waals surface area contributed by atoms with Gasteiger partial charge in [0, 0.05) is 11.5 Å². The summed E-state index contributed by atoms with van der Waals surface area (Å²) in [5.41, 5.74) is 7.06. The van der Waals surface area contributed by atoms with Crippen molar-refractivity contribution in [1.82, 2.24) is 0 Å². The van der Waals surface area contributed by atoms with Gasteiger partial charge < -0.3 is 15.3 Å². The Balaban J connectivity index is 1.62. The van der Waals surface area contributed by atoms with Crippen molar-refractivity contribution in [3.8, 4) is 17.2 Å². The van der Waals surface area contributed by atoms with Crippen molar-refractivity contribution in [3.63, 3.8) is 0 Å². The predicted molar refractivity (Wildman–Crippen MR) is 146 cm³/mol. The molecule has 2 aliphatic carbocycles. The molecule has 3 N–H and O–H groups in total. The molecule has 0 atom stereocenters. The second-order valence-electron chi connectivity index (χ2n) is 11.2. The number of benzene rings is 3. The third-order valence-corrected chi connectivity index (χ3v) is 8.79. The van der Waals surface area contributed by atoms with Crippen molar-refractivity contribution in [2.45, 2.75) is 95.8 Å². The van der Waals surface area contributed by atoms with E-state index in [-0.39, 0.29) is 11.7 Å². The maximum absolute atomic E-state index is 11.2. The highest BCUT2D eigenvalue weighted by molar-refractivity contribution is 5.58. The molecule has 3 nitrogen and oxygen atoms in total. The fourth-order valence-electron chi connectivity index (χ4n) is 6.81. The van der Waals surface area contributed by atoms with E-state index in [1.165, 1.54) is 38.5 Å². The molecule has 0 spiro atoms. The second-order valence-corrected chi connectivity index (χ2v) is 11.2. The molecule has 0 amide bonds. The summed E-state index contributed by atoms with van der Waals surface area (Å²) in [5.74, 6) is 1.47. The molecule has 0 heterocycles. The number of hydrogen-bond acceptors (Lipinski definition) is 3. The normalized spacial score (nSPS) is 17.5. The summed E-state index contributed by atoms with van der Waals surface area (Å²) >= 11 is 0. The largest absolute Gasteiger partial charge is 0.508 e. The lowest BCUT2D eigenvalue weighted by atomic mass is 9.76. The molecule has 190 valence electrons. The summed E-state index contributed by atoms with van der Waals surface area (Å²) in [6.07, 6.45) is 12.0. The van der Waals surface area contributed by atoms with Crippen LogP contribution in [0.25, 0.3) is 0 Å². The molecule has 3 aromatic rings.